The van der Waals surface area contributed by atoms with Gasteiger partial charge in [-0.15, -0.1) is 0 Å². The number of hydrogen-bond donors (Lipinski definition) is 2. The predicted octanol–water partition coefficient (Wildman–Crippen LogP) is 4.26. The predicted molar refractivity (Wildman–Crippen MR) is 127 cm³/mol. The smallest absolute Gasteiger partial charge is 0.156 e. The molecule has 4 nitrogen and oxygen atoms in total. The number of nitrogens with zero attached hydrogens (tertiary/aromatic N) is 2. The van der Waals surface area contributed by atoms with Crippen LogP contribution in [0.15, 0.2) is 53.1 Å². The molecule has 0 unspecified atom stereocenters. The molecular weight excluding hydrogens is 395 g/mol. The van der Waals surface area contributed by atoms with Crippen molar-refractivity contribution in [2.45, 2.75) is 53.4 Å². The maximum atomic E-state index is 6.70. The zero-order chi connectivity index (χ0) is 20.6. The number of nitrogens with one attached hydrogen (secondary N) is 2. The van der Waals surface area contributed by atoms with E-state index in [0.717, 1.165) is 19.5 Å². The topological polar surface area (TPSA) is 23.0 Å². The summed E-state index contributed by atoms with van der Waals surface area (Å²) in [5.74, 6) is 0. The van der Waals surface area contributed by atoms with E-state index in [0.29, 0.717) is 0 Å². The maximum absolute atomic E-state index is 6.70. The molecular formula is C23H36N4PS+. The molecule has 0 amide bonds. The van der Waals surface area contributed by atoms with Crippen molar-refractivity contribution in [3.63, 3.8) is 0 Å². The van der Waals surface area contributed by atoms with Crippen molar-refractivity contribution in [2.75, 3.05) is 31.0 Å². The molecule has 1 aromatic rings. The van der Waals surface area contributed by atoms with Gasteiger partial charge in [-0.1, -0.05) is 63.8 Å². The van der Waals surface area contributed by atoms with Crippen molar-refractivity contribution in [1.82, 2.24) is 10.1 Å². The standard InChI is InChI=1S/C23H35N4PS/c1-5-26(6-2)28(29)22-20(24-27(28)19-13-9-7-10-14-19)17-23(3,4)18-21(22)25-15-11-8-12-16-25/h7,9-10,13-14,17,24H,5-6,8,11-12,15-16,18H2,1-4H3/p+1/t28-/m0/s1. The lowest BCUT2D eigenvalue weighted by Crippen LogP contribution is -3.11. The minimum Gasteiger partial charge on any atom is -0.305 e. The molecule has 0 radical (unpaired) electrons. The zero-order valence-corrected chi connectivity index (χ0v) is 20.1. The molecule has 1 aliphatic carbocycles. The van der Waals surface area contributed by atoms with Crippen LogP contribution < -0.4 is 15.1 Å². The number of benzene rings is 1. The minimum absolute atomic E-state index is 0.154. The highest BCUT2D eigenvalue weighted by molar-refractivity contribution is 8.16. The van der Waals surface area contributed by atoms with Crippen LogP contribution in [0.1, 0.15) is 53.4 Å². The first-order chi connectivity index (χ1) is 13.9. The number of hydrazine groups is 1. The molecule has 0 spiro atoms. The van der Waals surface area contributed by atoms with Crippen molar-refractivity contribution in [1.29, 1.82) is 0 Å². The van der Waals surface area contributed by atoms with Gasteiger partial charge in [0.05, 0.1) is 24.5 Å². The molecule has 2 aliphatic heterocycles. The van der Waals surface area contributed by atoms with Crippen LogP contribution >= 0.6 is 6.34 Å². The Kier molecular flexibility index (Phi) is 5.96. The number of para-hydroxylation sites is 1. The Balaban J connectivity index is 1.92. The van der Waals surface area contributed by atoms with E-state index in [-0.39, 0.29) is 5.41 Å². The molecule has 2 saturated heterocycles. The minimum atomic E-state index is -2.14. The first-order valence-corrected chi connectivity index (χ1v) is 13.9. The first-order valence-electron chi connectivity index (χ1n) is 11.2. The Hall–Kier alpha value is -1.13. The molecule has 2 heterocycles. The van der Waals surface area contributed by atoms with E-state index in [2.05, 4.69) is 79.0 Å². The summed E-state index contributed by atoms with van der Waals surface area (Å²) in [6.45, 7) is 13.7. The van der Waals surface area contributed by atoms with Gasteiger partial charge in [0, 0.05) is 19.5 Å². The molecule has 4 rings (SSSR count). The Morgan fingerprint density at radius 3 is 2.38 bits per heavy atom. The fourth-order valence-electron chi connectivity index (χ4n) is 5.15. The Morgan fingerprint density at radius 1 is 1.10 bits per heavy atom. The van der Waals surface area contributed by atoms with Gasteiger partial charge in [0.15, 0.2) is 6.34 Å². The SMILES string of the molecule is CCN(CC)[P@@]1(=S)C2=C([NH+]3CCCCC3)CC(C)(C)C=C2NN1c1ccccc1. The normalized spacial score (nSPS) is 27.1. The van der Waals surface area contributed by atoms with Crippen LogP contribution in [0.25, 0.3) is 0 Å². The molecule has 2 fully saturated rings. The number of likely N-dealkylation sites (tertiary alicyclic amines) is 1. The van der Waals surface area contributed by atoms with Crippen LogP contribution in [-0.2, 0) is 11.8 Å². The first kappa shape index (κ1) is 21.1. The lowest BCUT2D eigenvalue weighted by Gasteiger charge is -2.40. The number of quaternary nitrogens is 1. The van der Waals surface area contributed by atoms with Crippen molar-refractivity contribution in [3.05, 3.63) is 53.1 Å². The van der Waals surface area contributed by atoms with Gasteiger partial charge in [0.2, 0.25) is 0 Å². The van der Waals surface area contributed by atoms with Crippen molar-refractivity contribution in [2.24, 2.45) is 5.41 Å². The Bertz CT molecular complexity index is 851. The van der Waals surface area contributed by atoms with E-state index in [1.165, 1.54) is 49.1 Å². The van der Waals surface area contributed by atoms with Crippen molar-refractivity contribution in [3.8, 4) is 0 Å². The van der Waals surface area contributed by atoms with Crippen LogP contribution in [0, 0.1) is 5.41 Å². The number of piperidine rings is 1. The summed E-state index contributed by atoms with van der Waals surface area (Å²) >= 11 is 6.70. The highest BCUT2D eigenvalue weighted by Crippen LogP contribution is 2.68. The Morgan fingerprint density at radius 2 is 1.76 bits per heavy atom. The van der Waals surface area contributed by atoms with Gasteiger partial charge in [0.1, 0.15) is 11.0 Å². The molecule has 158 valence electrons. The fraction of sp³-hybridized carbons (Fsp3) is 0.565. The lowest BCUT2D eigenvalue weighted by atomic mass is 9.82. The third kappa shape index (κ3) is 3.72. The van der Waals surface area contributed by atoms with E-state index in [9.17, 15) is 0 Å². The quantitative estimate of drug-likeness (QED) is 0.680. The molecule has 0 aromatic heterocycles. The third-order valence-electron chi connectivity index (χ3n) is 6.50. The number of rotatable bonds is 5. The molecule has 29 heavy (non-hydrogen) atoms. The summed E-state index contributed by atoms with van der Waals surface area (Å²) in [5, 5.41) is 1.45. The average molecular weight is 432 g/mol. The fourth-order valence-corrected chi connectivity index (χ4v) is 10.1. The van der Waals surface area contributed by atoms with E-state index >= 15 is 0 Å². The van der Waals surface area contributed by atoms with E-state index in [1.54, 1.807) is 10.6 Å². The highest BCUT2D eigenvalue weighted by atomic mass is 32.4. The molecule has 6 heteroatoms. The van der Waals surface area contributed by atoms with Crippen LogP contribution in [0.3, 0.4) is 0 Å². The van der Waals surface area contributed by atoms with Crippen molar-refractivity contribution >= 4 is 23.8 Å². The summed E-state index contributed by atoms with van der Waals surface area (Å²) in [6.07, 6.45) is 5.45. The van der Waals surface area contributed by atoms with Gasteiger partial charge in [0.25, 0.3) is 0 Å². The average Bonchev–Trinajstić information content (AvgIpc) is 3.01. The van der Waals surface area contributed by atoms with Crippen LogP contribution in [0.5, 0.6) is 0 Å². The summed E-state index contributed by atoms with van der Waals surface area (Å²) in [6, 6.07) is 10.7. The zero-order valence-electron chi connectivity index (χ0n) is 18.4. The van der Waals surface area contributed by atoms with Gasteiger partial charge < -0.3 is 4.90 Å². The van der Waals surface area contributed by atoms with E-state index < -0.39 is 6.34 Å². The molecule has 2 N–H and O–H groups in total. The Labute approximate surface area is 181 Å². The van der Waals surface area contributed by atoms with Crippen molar-refractivity contribution < 1.29 is 4.90 Å². The summed E-state index contributed by atoms with van der Waals surface area (Å²) in [5.41, 5.74) is 7.99. The second-order valence-electron chi connectivity index (χ2n) is 9.16. The molecule has 0 saturated carbocycles. The maximum Gasteiger partial charge on any atom is 0.156 e. The van der Waals surface area contributed by atoms with Crippen LogP contribution in [0.4, 0.5) is 5.69 Å². The van der Waals surface area contributed by atoms with E-state index in [1.807, 2.05) is 0 Å². The van der Waals surface area contributed by atoms with Crippen LogP contribution in [-0.4, -0.2) is 30.8 Å². The number of hydrogen-bond acceptors (Lipinski definition) is 2. The summed E-state index contributed by atoms with van der Waals surface area (Å²) in [4.78, 5) is 1.68. The second-order valence-corrected chi connectivity index (χ2v) is 13.2. The number of fused-ring (bicyclic) bond motifs is 1. The second kappa shape index (κ2) is 8.19. The molecule has 1 atom stereocenters. The van der Waals surface area contributed by atoms with E-state index in [4.69, 9.17) is 11.8 Å². The van der Waals surface area contributed by atoms with Crippen LogP contribution in [0.2, 0.25) is 0 Å². The lowest BCUT2D eigenvalue weighted by molar-refractivity contribution is -0.868. The molecule has 1 aromatic carbocycles. The van der Waals surface area contributed by atoms with Gasteiger partial charge >= 0.3 is 0 Å². The van der Waals surface area contributed by atoms with Gasteiger partial charge in [-0.3, -0.25) is 10.1 Å². The monoisotopic (exact) mass is 431 g/mol. The highest BCUT2D eigenvalue weighted by Gasteiger charge is 2.50. The van der Waals surface area contributed by atoms with Gasteiger partial charge in [-0.05, 0) is 36.8 Å². The largest absolute Gasteiger partial charge is 0.305 e. The molecule has 0 bridgehead atoms. The number of anilines is 1. The number of allylic oxidation sites excluding steroid dienone is 3. The molecule has 3 aliphatic rings. The summed E-state index contributed by atoms with van der Waals surface area (Å²) in [7, 11) is 0. The van der Waals surface area contributed by atoms with Gasteiger partial charge in [-0.25, -0.2) is 4.78 Å². The summed E-state index contributed by atoms with van der Waals surface area (Å²) < 4.78 is 4.89. The third-order valence-corrected chi connectivity index (χ3v) is 11.5. The van der Waals surface area contributed by atoms with Gasteiger partial charge in [-0.2, -0.15) is 0 Å².